The topological polar surface area (TPSA) is 59.2 Å². The van der Waals surface area contributed by atoms with E-state index in [9.17, 15) is 0 Å². The van der Waals surface area contributed by atoms with Crippen LogP contribution in [0.3, 0.4) is 0 Å². The van der Waals surface area contributed by atoms with Gasteiger partial charge in [0, 0.05) is 18.6 Å². The fraction of sp³-hybridized carbons (Fsp3) is 0.250. The van der Waals surface area contributed by atoms with Gasteiger partial charge in [-0.1, -0.05) is 47.6 Å². The lowest BCUT2D eigenvalue weighted by atomic mass is 10.0. The molecule has 20 heavy (non-hydrogen) atoms. The van der Waals surface area contributed by atoms with E-state index in [4.69, 9.17) is 9.63 Å². The number of hydrogen-bond donors (Lipinski definition) is 1. The molecule has 4 heteroatoms. The molecule has 102 valence electrons. The van der Waals surface area contributed by atoms with Gasteiger partial charge in [-0.15, -0.1) is 0 Å². The third kappa shape index (κ3) is 2.56. The van der Waals surface area contributed by atoms with Gasteiger partial charge in [0.1, 0.15) is 0 Å². The van der Waals surface area contributed by atoms with Crippen molar-refractivity contribution in [3.63, 3.8) is 0 Å². The van der Waals surface area contributed by atoms with Gasteiger partial charge in [-0.25, -0.2) is 0 Å². The largest absolute Gasteiger partial charge is 0.396 e. The monoisotopic (exact) mass is 268 g/mol. The van der Waals surface area contributed by atoms with Crippen molar-refractivity contribution in [3.8, 4) is 11.4 Å². The highest BCUT2D eigenvalue weighted by molar-refractivity contribution is 5.94. The lowest BCUT2D eigenvalue weighted by Gasteiger charge is -2.01. The van der Waals surface area contributed by atoms with Crippen LogP contribution in [0.15, 0.2) is 47.0 Å². The van der Waals surface area contributed by atoms with Gasteiger partial charge in [0.25, 0.3) is 0 Å². The highest BCUT2D eigenvalue weighted by atomic mass is 16.5. The Morgan fingerprint density at radius 1 is 1.00 bits per heavy atom. The predicted octanol–water partition coefficient (Wildman–Crippen LogP) is 3.20. The summed E-state index contributed by atoms with van der Waals surface area (Å²) < 4.78 is 5.27. The number of nitrogens with zero attached hydrogens (tertiary/aromatic N) is 2. The smallest absolute Gasteiger partial charge is 0.226 e. The van der Waals surface area contributed by atoms with E-state index in [0.29, 0.717) is 18.1 Å². The average Bonchev–Trinajstić information content (AvgIpc) is 2.96. The third-order valence-corrected chi connectivity index (χ3v) is 3.30. The Morgan fingerprint density at radius 2 is 1.85 bits per heavy atom. The maximum Gasteiger partial charge on any atom is 0.226 e. The molecule has 0 aliphatic heterocycles. The van der Waals surface area contributed by atoms with Crippen LogP contribution >= 0.6 is 0 Å². The molecule has 0 amide bonds. The summed E-state index contributed by atoms with van der Waals surface area (Å²) >= 11 is 0. The molecule has 0 saturated carbocycles. The van der Waals surface area contributed by atoms with E-state index in [1.165, 1.54) is 0 Å². The number of hydrogen-bond acceptors (Lipinski definition) is 4. The summed E-state index contributed by atoms with van der Waals surface area (Å²) in [5, 5.41) is 15.1. The van der Waals surface area contributed by atoms with E-state index in [1.807, 2.05) is 24.3 Å². The number of unbranched alkanes of at least 4 members (excludes halogenated alkanes) is 1. The summed E-state index contributed by atoms with van der Waals surface area (Å²) in [4.78, 5) is 4.44. The van der Waals surface area contributed by atoms with Gasteiger partial charge >= 0.3 is 0 Å². The normalized spacial score (nSPS) is 11.1. The number of aryl methyl sites for hydroxylation is 1. The van der Waals surface area contributed by atoms with Crippen molar-refractivity contribution >= 4 is 10.8 Å². The molecule has 0 saturated heterocycles. The Hall–Kier alpha value is -2.20. The minimum atomic E-state index is 0.199. The molecule has 0 bridgehead atoms. The minimum absolute atomic E-state index is 0.199. The standard InChI is InChI=1S/C16H16N2O2/c19-11-4-3-10-15-17-16(18-20-15)14-9-5-7-12-6-1-2-8-13(12)14/h1-2,5-9,19H,3-4,10-11H2. The summed E-state index contributed by atoms with van der Waals surface area (Å²) in [6, 6.07) is 14.2. The number of aromatic nitrogens is 2. The Kier molecular flexibility index (Phi) is 3.74. The molecule has 0 atom stereocenters. The maximum atomic E-state index is 8.78. The fourth-order valence-electron chi connectivity index (χ4n) is 2.27. The van der Waals surface area contributed by atoms with Crippen molar-refractivity contribution in [1.82, 2.24) is 10.1 Å². The molecule has 1 N–H and O–H groups in total. The molecule has 3 aromatic rings. The van der Waals surface area contributed by atoms with Crippen LogP contribution < -0.4 is 0 Å². The molecular weight excluding hydrogens is 252 g/mol. The van der Waals surface area contributed by atoms with Crippen molar-refractivity contribution in [2.45, 2.75) is 19.3 Å². The second-order valence-electron chi connectivity index (χ2n) is 4.72. The number of benzene rings is 2. The molecule has 0 unspecified atom stereocenters. The van der Waals surface area contributed by atoms with Crippen LogP contribution in [0.5, 0.6) is 0 Å². The van der Waals surface area contributed by atoms with E-state index in [0.717, 1.165) is 29.2 Å². The Balaban J connectivity index is 1.91. The molecule has 3 rings (SSSR count). The Bertz CT molecular complexity index is 701. The zero-order chi connectivity index (χ0) is 13.8. The van der Waals surface area contributed by atoms with Crippen LogP contribution in [0.25, 0.3) is 22.2 Å². The fourth-order valence-corrected chi connectivity index (χ4v) is 2.27. The molecular formula is C16H16N2O2. The highest BCUT2D eigenvalue weighted by Crippen LogP contribution is 2.26. The van der Waals surface area contributed by atoms with E-state index < -0.39 is 0 Å². The molecule has 1 aromatic heterocycles. The Labute approximate surface area is 117 Å². The van der Waals surface area contributed by atoms with Crippen molar-refractivity contribution in [2.24, 2.45) is 0 Å². The van der Waals surface area contributed by atoms with E-state index in [-0.39, 0.29) is 6.61 Å². The lowest BCUT2D eigenvalue weighted by Crippen LogP contribution is -1.89. The molecule has 0 fully saturated rings. The zero-order valence-corrected chi connectivity index (χ0v) is 11.1. The van der Waals surface area contributed by atoms with Crippen LogP contribution in [0.4, 0.5) is 0 Å². The first-order valence-corrected chi connectivity index (χ1v) is 6.80. The summed E-state index contributed by atoms with van der Waals surface area (Å²) in [5.74, 6) is 1.25. The molecule has 4 nitrogen and oxygen atoms in total. The van der Waals surface area contributed by atoms with Crippen LogP contribution in [-0.4, -0.2) is 21.9 Å². The highest BCUT2D eigenvalue weighted by Gasteiger charge is 2.10. The summed E-state index contributed by atoms with van der Waals surface area (Å²) in [6.07, 6.45) is 2.32. The van der Waals surface area contributed by atoms with Gasteiger partial charge in [-0.05, 0) is 23.6 Å². The molecule has 0 aliphatic carbocycles. The first kappa shape index (κ1) is 12.8. The van der Waals surface area contributed by atoms with Gasteiger partial charge in [0.2, 0.25) is 11.7 Å². The first-order valence-electron chi connectivity index (χ1n) is 6.80. The number of fused-ring (bicyclic) bond motifs is 1. The molecule has 0 aliphatic rings. The quantitative estimate of drug-likeness (QED) is 0.722. The van der Waals surface area contributed by atoms with Gasteiger partial charge < -0.3 is 9.63 Å². The predicted molar refractivity (Wildman–Crippen MR) is 77.3 cm³/mol. The van der Waals surface area contributed by atoms with Crippen molar-refractivity contribution in [3.05, 3.63) is 48.4 Å². The molecule has 0 spiro atoms. The van der Waals surface area contributed by atoms with E-state index >= 15 is 0 Å². The lowest BCUT2D eigenvalue weighted by molar-refractivity contribution is 0.281. The first-order chi connectivity index (χ1) is 9.88. The molecule has 1 heterocycles. The van der Waals surface area contributed by atoms with Gasteiger partial charge in [-0.3, -0.25) is 0 Å². The summed E-state index contributed by atoms with van der Waals surface area (Å²) in [7, 11) is 0. The Morgan fingerprint density at radius 3 is 2.75 bits per heavy atom. The van der Waals surface area contributed by atoms with Gasteiger partial charge in [0.05, 0.1) is 0 Å². The maximum absolute atomic E-state index is 8.78. The van der Waals surface area contributed by atoms with Crippen molar-refractivity contribution < 1.29 is 9.63 Å². The zero-order valence-electron chi connectivity index (χ0n) is 11.1. The molecule has 2 aromatic carbocycles. The molecule has 0 radical (unpaired) electrons. The van der Waals surface area contributed by atoms with Crippen LogP contribution in [-0.2, 0) is 6.42 Å². The van der Waals surface area contributed by atoms with Crippen molar-refractivity contribution in [1.29, 1.82) is 0 Å². The minimum Gasteiger partial charge on any atom is -0.396 e. The van der Waals surface area contributed by atoms with Crippen LogP contribution in [0, 0.1) is 0 Å². The second-order valence-corrected chi connectivity index (χ2v) is 4.72. The van der Waals surface area contributed by atoms with Gasteiger partial charge in [-0.2, -0.15) is 4.98 Å². The summed E-state index contributed by atoms with van der Waals surface area (Å²) in [6.45, 7) is 0.199. The van der Waals surface area contributed by atoms with Crippen LogP contribution in [0.1, 0.15) is 18.7 Å². The van der Waals surface area contributed by atoms with Gasteiger partial charge in [0.15, 0.2) is 0 Å². The number of rotatable bonds is 5. The number of aliphatic hydroxyl groups excluding tert-OH is 1. The van der Waals surface area contributed by atoms with E-state index in [1.54, 1.807) is 0 Å². The van der Waals surface area contributed by atoms with Crippen molar-refractivity contribution in [2.75, 3.05) is 6.61 Å². The SMILES string of the molecule is OCCCCc1nc(-c2cccc3ccccc23)no1. The summed E-state index contributed by atoms with van der Waals surface area (Å²) in [5.41, 5.74) is 0.986. The third-order valence-electron chi connectivity index (χ3n) is 3.30. The second kappa shape index (κ2) is 5.84. The number of aliphatic hydroxyl groups is 1. The van der Waals surface area contributed by atoms with Crippen LogP contribution in [0.2, 0.25) is 0 Å². The average molecular weight is 268 g/mol. The van der Waals surface area contributed by atoms with E-state index in [2.05, 4.69) is 28.3 Å².